The minimum atomic E-state index is -0.250. The molecule has 78 valence electrons. The summed E-state index contributed by atoms with van der Waals surface area (Å²) in [6.07, 6.45) is 1.48. The molecular formula is C10H9ClN2O2. The maximum absolute atomic E-state index is 8.36. The third kappa shape index (κ3) is 2.63. The standard InChI is InChI=1S/C9H7ClN2.CH2O2/c1-6-3-2-4-7-8(6)11-5-12-9(7)10;2-1-3/h2-5H,1H3;1H,(H,2,3). The fourth-order valence-electron chi connectivity index (χ4n) is 1.20. The number of hydrogen-bond acceptors (Lipinski definition) is 3. The summed E-state index contributed by atoms with van der Waals surface area (Å²) in [7, 11) is 0. The molecule has 1 N–H and O–H groups in total. The summed E-state index contributed by atoms with van der Waals surface area (Å²) in [5, 5.41) is 8.32. The van der Waals surface area contributed by atoms with Crippen LogP contribution in [0.25, 0.3) is 10.9 Å². The molecule has 0 bridgehead atoms. The average molecular weight is 225 g/mol. The van der Waals surface area contributed by atoms with Gasteiger partial charge in [-0.15, -0.1) is 0 Å². The molecule has 2 rings (SSSR count). The number of nitrogens with zero attached hydrogens (tertiary/aromatic N) is 2. The van der Waals surface area contributed by atoms with Crippen molar-refractivity contribution in [1.82, 2.24) is 9.97 Å². The second kappa shape index (κ2) is 5.26. The van der Waals surface area contributed by atoms with Gasteiger partial charge in [0.05, 0.1) is 5.52 Å². The Labute approximate surface area is 91.5 Å². The van der Waals surface area contributed by atoms with Crippen molar-refractivity contribution in [2.75, 3.05) is 0 Å². The maximum atomic E-state index is 8.36. The molecule has 0 spiro atoms. The summed E-state index contributed by atoms with van der Waals surface area (Å²) in [5.41, 5.74) is 2.05. The van der Waals surface area contributed by atoms with Crippen molar-refractivity contribution in [1.29, 1.82) is 0 Å². The molecule has 0 fully saturated rings. The highest BCUT2D eigenvalue weighted by atomic mass is 35.5. The lowest BCUT2D eigenvalue weighted by atomic mass is 10.1. The quantitative estimate of drug-likeness (QED) is 0.551. The first-order valence-electron chi connectivity index (χ1n) is 4.14. The zero-order valence-corrected chi connectivity index (χ0v) is 8.77. The van der Waals surface area contributed by atoms with Crippen molar-refractivity contribution in [3.63, 3.8) is 0 Å². The highest BCUT2D eigenvalue weighted by Crippen LogP contribution is 2.20. The van der Waals surface area contributed by atoms with E-state index in [1.807, 2.05) is 25.1 Å². The first-order chi connectivity index (χ1) is 7.20. The van der Waals surface area contributed by atoms with Gasteiger partial charge in [0.25, 0.3) is 6.47 Å². The summed E-state index contributed by atoms with van der Waals surface area (Å²) in [4.78, 5) is 16.4. The molecule has 0 saturated heterocycles. The summed E-state index contributed by atoms with van der Waals surface area (Å²) in [6, 6.07) is 5.88. The predicted molar refractivity (Wildman–Crippen MR) is 58.0 cm³/mol. The zero-order valence-electron chi connectivity index (χ0n) is 8.01. The number of halogens is 1. The van der Waals surface area contributed by atoms with Crippen LogP contribution in [0.3, 0.4) is 0 Å². The number of rotatable bonds is 0. The van der Waals surface area contributed by atoms with Crippen LogP contribution in [0.2, 0.25) is 5.15 Å². The van der Waals surface area contributed by atoms with Crippen LogP contribution in [0.1, 0.15) is 5.56 Å². The SMILES string of the molecule is Cc1cccc2c(Cl)ncnc12.O=CO. The average Bonchev–Trinajstić information content (AvgIpc) is 2.21. The Hall–Kier alpha value is -1.68. The molecule has 15 heavy (non-hydrogen) atoms. The fourth-order valence-corrected chi connectivity index (χ4v) is 1.40. The Morgan fingerprint density at radius 3 is 2.67 bits per heavy atom. The Morgan fingerprint density at radius 2 is 2.07 bits per heavy atom. The highest BCUT2D eigenvalue weighted by molar-refractivity contribution is 6.34. The molecule has 0 unspecified atom stereocenters. The summed E-state index contributed by atoms with van der Waals surface area (Å²) < 4.78 is 0. The first-order valence-corrected chi connectivity index (χ1v) is 4.52. The van der Waals surface area contributed by atoms with Crippen molar-refractivity contribution in [2.24, 2.45) is 0 Å². The molecule has 5 heteroatoms. The Bertz CT molecular complexity index is 433. The molecule has 1 aromatic carbocycles. The Kier molecular flexibility index (Phi) is 4.00. The molecule has 0 saturated carbocycles. The fraction of sp³-hybridized carbons (Fsp3) is 0.100. The maximum Gasteiger partial charge on any atom is 0.290 e. The molecule has 0 radical (unpaired) electrons. The van der Waals surface area contributed by atoms with Crippen LogP contribution < -0.4 is 0 Å². The van der Waals surface area contributed by atoms with Crippen LogP contribution >= 0.6 is 11.6 Å². The summed E-state index contributed by atoms with van der Waals surface area (Å²) in [5.74, 6) is 0. The van der Waals surface area contributed by atoms with E-state index in [-0.39, 0.29) is 6.47 Å². The number of benzene rings is 1. The van der Waals surface area contributed by atoms with Crippen molar-refractivity contribution in [3.05, 3.63) is 35.2 Å². The van der Waals surface area contributed by atoms with Gasteiger partial charge in [0.2, 0.25) is 0 Å². The van der Waals surface area contributed by atoms with Crippen molar-refractivity contribution >= 4 is 29.0 Å². The Morgan fingerprint density at radius 1 is 1.40 bits per heavy atom. The number of para-hydroxylation sites is 1. The van der Waals surface area contributed by atoms with E-state index in [4.69, 9.17) is 21.5 Å². The second-order valence-corrected chi connectivity index (χ2v) is 3.10. The molecule has 0 aliphatic heterocycles. The van der Waals surface area contributed by atoms with Crippen molar-refractivity contribution in [2.45, 2.75) is 6.92 Å². The number of aromatic nitrogens is 2. The molecule has 0 atom stereocenters. The largest absolute Gasteiger partial charge is 0.483 e. The van der Waals surface area contributed by atoms with Crippen LogP contribution in [0.15, 0.2) is 24.5 Å². The normalized spacial score (nSPS) is 9.20. The molecule has 2 aromatic rings. The molecule has 4 nitrogen and oxygen atoms in total. The van der Waals surface area contributed by atoms with Gasteiger partial charge < -0.3 is 5.11 Å². The van der Waals surface area contributed by atoms with E-state index in [2.05, 4.69) is 9.97 Å². The minimum absolute atomic E-state index is 0.250. The molecule has 0 amide bonds. The molecule has 0 aliphatic carbocycles. The number of fused-ring (bicyclic) bond motifs is 1. The van der Waals surface area contributed by atoms with Crippen LogP contribution in [-0.4, -0.2) is 21.5 Å². The minimum Gasteiger partial charge on any atom is -0.483 e. The lowest BCUT2D eigenvalue weighted by Crippen LogP contribution is -1.85. The highest BCUT2D eigenvalue weighted by Gasteiger charge is 2.01. The van der Waals surface area contributed by atoms with Gasteiger partial charge in [-0.05, 0) is 18.6 Å². The van der Waals surface area contributed by atoms with Gasteiger partial charge in [0, 0.05) is 5.39 Å². The lowest BCUT2D eigenvalue weighted by molar-refractivity contribution is -0.122. The van der Waals surface area contributed by atoms with Gasteiger partial charge in [-0.3, -0.25) is 4.79 Å². The van der Waals surface area contributed by atoms with E-state index in [9.17, 15) is 0 Å². The number of carboxylic acid groups (broad SMARTS) is 1. The van der Waals surface area contributed by atoms with Gasteiger partial charge in [-0.25, -0.2) is 9.97 Å². The Balaban J connectivity index is 0.000000337. The topological polar surface area (TPSA) is 63.1 Å². The second-order valence-electron chi connectivity index (χ2n) is 2.74. The third-order valence-electron chi connectivity index (χ3n) is 1.82. The monoisotopic (exact) mass is 224 g/mol. The van der Waals surface area contributed by atoms with E-state index in [0.717, 1.165) is 16.5 Å². The van der Waals surface area contributed by atoms with E-state index in [0.29, 0.717) is 5.15 Å². The van der Waals surface area contributed by atoms with Gasteiger partial charge in [-0.2, -0.15) is 0 Å². The van der Waals surface area contributed by atoms with Gasteiger partial charge in [0.15, 0.2) is 0 Å². The number of carbonyl (C=O) groups is 1. The molecule has 1 aromatic heterocycles. The van der Waals surface area contributed by atoms with E-state index in [1.54, 1.807) is 0 Å². The van der Waals surface area contributed by atoms with Crippen LogP contribution in [0, 0.1) is 6.92 Å². The van der Waals surface area contributed by atoms with E-state index in [1.165, 1.54) is 6.33 Å². The van der Waals surface area contributed by atoms with Crippen LogP contribution in [0.5, 0.6) is 0 Å². The summed E-state index contributed by atoms with van der Waals surface area (Å²) in [6.45, 7) is 1.76. The van der Waals surface area contributed by atoms with Gasteiger partial charge in [-0.1, -0.05) is 23.7 Å². The molecule has 0 aliphatic rings. The number of aryl methyl sites for hydroxylation is 1. The lowest BCUT2D eigenvalue weighted by Gasteiger charge is -2.00. The third-order valence-corrected chi connectivity index (χ3v) is 2.12. The number of hydrogen-bond donors (Lipinski definition) is 1. The molecule has 1 heterocycles. The first kappa shape index (κ1) is 11.4. The summed E-state index contributed by atoms with van der Waals surface area (Å²) >= 11 is 5.88. The van der Waals surface area contributed by atoms with Gasteiger partial charge >= 0.3 is 0 Å². The van der Waals surface area contributed by atoms with Crippen LogP contribution in [0.4, 0.5) is 0 Å². The zero-order chi connectivity index (χ0) is 11.3. The van der Waals surface area contributed by atoms with Crippen molar-refractivity contribution in [3.8, 4) is 0 Å². The van der Waals surface area contributed by atoms with Crippen LogP contribution in [-0.2, 0) is 4.79 Å². The smallest absolute Gasteiger partial charge is 0.290 e. The van der Waals surface area contributed by atoms with Gasteiger partial charge in [0.1, 0.15) is 11.5 Å². The van der Waals surface area contributed by atoms with Crippen molar-refractivity contribution < 1.29 is 9.90 Å². The predicted octanol–water partition coefficient (Wildman–Crippen LogP) is 2.29. The van der Waals surface area contributed by atoms with E-state index < -0.39 is 0 Å². The molecular weight excluding hydrogens is 216 g/mol. The van der Waals surface area contributed by atoms with E-state index >= 15 is 0 Å².